The second-order valence-corrected chi connectivity index (χ2v) is 7.41. The minimum Gasteiger partial charge on any atom is -0.507 e. The number of β-amino-alcohol motifs (C(OH)–C–C–N with tert-alkyl or cyclic N) is 1. The first kappa shape index (κ1) is 21.4. The van der Waals surface area contributed by atoms with E-state index in [0.29, 0.717) is 18.7 Å². The fraction of sp³-hybridized carbons (Fsp3) is 0.500. The summed E-state index contributed by atoms with van der Waals surface area (Å²) in [4.78, 5) is 17.7. The zero-order valence-corrected chi connectivity index (χ0v) is 17.5. The number of piperazine rings is 1. The molecule has 1 aliphatic heterocycles. The monoisotopic (exact) mass is 401 g/mol. The maximum atomic E-state index is 13.3. The quantitative estimate of drug-likeness (QED) is 0.734. The number of methoxy groups -OCH3 is 1. The van der Waals surface area contributed by atoms with E-state index in [2.05, 4.69) is 9.80 Å². The van der Waals surface area contributed by atoms with Crippen LogP contribution >= 0.6 is 0 Å². The summed E-state index contributed by atoms with van der Waals surface area (Å²) in [5.41, 5.74) is 1.96. The molecule has 1 saturated heterocycles. The Morgan fingerprint density at radius 1 is 1.14 bits per heavy atom. The van der Waals surface area contributed by atoms with Gasteiger partial charge < -0.3 is 19.5 Å². The van der Waals surface area contributed by atoms with Gasteiger partial charge in [0.15, 0.2) is 0 Å². The van der Waals surface area contributed by atoms with Crippen LogP contribution < -0.4 is 10.3 Å². The highest BCUT2D eigenvalue weighted by molar-refractivity contribution is 5.42. The molecule has 1 aliphatic rings. The van der Waals surface area contributed by atoms with Gasteiger partial charge in [-0.1, -0.05) is 12.1 Å². The topological polar surface area (TPSA) is 78.2 Å². The Morgan fingerprint density at radius 3 is 2.34 bits per heavy atom. The van der Waals surface area contributed by atoms with Gasteiger partial charge >= 0.3 is 0 Å². The highest BCUT2D eigenvalue weighted by atomic mass is 16.5. The first-order valence-electron chi connectivity index (χ1n) is 10.1. The number of ether oxygens (including phenoxy) is 1. The van der Waals surface area contributed by atoms with E-state index in [-0.39, 0.29) is 24.0 Å². The van der Waals surface area contributed by atoms with Gasteiger partial charge in [0.1, 0.15) is 11.5 Å². The molecule has 158 valence electrons. The average molecular weight is 402 g/mol. The first-order chi connectivity index (χ1) is 14.0. The van der Waals surface area contributed by atoms with E-state index >= 15 is 0 Å². The van der Waals surface area contributed by atoms with Crippen molar-refractivity contribution in [2.75, 3.05) is 46.4 Å². The van der Waals surface area contributed by atoms with Crippen molar-refractivity contribution in [3.05, 3.63) is 57.5 Å². The Bertz CT molecular complexity index is 871. The van der Waals surface area contributed by atoms with Crippen LogP contribution in [0.15, 0.2) is 35.1 Å². The molecule has 2 heterocycles. The summed E-state index contributed by atoms with van der Waals surface area (Å²) in [6.45, 7) is 8.23. The Hall–Kier alpha value is -2.35. The molecule has 0 spiro atoms. The maximum Gasteiger partial charge on any atom is 0.259 e. The van der Waals surface area contributed by atoms with Crippen molar-refractivity contribution in [2.24, 2.45) is 0 Å². The van der Waals surface area contributed by atoms with E-state index in [1.807, 2.05) is 38.1 Å². The molecule has 1 fully saturated rings. The molecule has 0 amide bonds. The van der Waals surface area contributed by atoms with Crippen LogP contribution in [0, 0.1) is 6.92 Å². The lowest BCUT2D eigenvalue weighted by atomic mass is 9.96. The van der Waals surface area contributed by atoms with Crippen molar-refractivity contribution < 1.29 is 14.9 Å². The molecule has 2 N–H and O–H groups in total. The number of hydrogen-bond acceptors (Lipinski definition) is 6. The first-order valence-corrected chi connectivity index (χ1v) is 10.1. The fourth-order valence-corrected chi connectivity index (χ4v) is 4.15. The summed E-state index contributed by atoms with van der Waals surface area (Å²) in [5.74, 6) is 0.787. The average Bonchev–Trinajstić information content (AvgIpc) is 2.72. The van der Waals surface area contributed by atoms with Crippen LogP contribution in [0.3, 0.4) is 0 Å². The molecule has 1 atom stereocenters. The van der Waals surface area contributed by atoms with Crippen molar-refractivity contribution in [1.82, 2.24) is 14.4 Å². The molecule has 2 aromatic rings. The molecule has 29 heavy (non-hydrogen) atoms. The van der Waals surface area contributed by atoms with E-state index in [0.717, 1.165) is 43.2 Å². The number of aromatic hydroxyl groups is 1. The number of hydrogen-bond donors (Lipinski definition) is 2. The smallest absolute Gasteiger partial charge is 0.259 e. The molecule has 1 aromatic carbocycles. The number of benzene rings is 1. The predicted molar refractivity (Wildman–Crippen MR) is 113 cm³/mol. The SMILES string of the molecule is CCn1c(C)cc(O)c(C(c2ccc(OC)cc2)N2CCN(CCO)CC2)c1=O. The second-order valence-electron chi connectivity index (χ2n) is 7.41. The molecule has 0 aliphatic carbocycles. The normalized spacial score (nSPS) is 16.7. The molecule has 1 aromatic heterocycles. The second kappa shape index (κ2) is 9.43. The number of aliphatic hydroxyl groups excluding tert-OH is 1. The van der Waals surface area contributed by atoms with Gasteiger partial charge in [0.2, 0.25) is 0 Å². The number of aliphatic hydroxyl groups is 1. The minimum absolute atomic E-state index is 0.0378. The van der Waals surface area contributed by atoms with Crippen molar-refractivity contribution in [2.45, 2.75) is 26.4 Å². The van der Waals surface area contributed by atoms with E-state index in [4.69, 9.17) is 4.74 Å². The zero-order valence-electron chi connectivity index (χ0n) is 17.5. The summed E-state index contributed by atoms with van der Waals surface area (Å²) >= 11 is 0. The van der Waals surface area contributed by atoms with Crippen LogP contribution in [0.4, 0.5) is 0 Å². The van der Waals surface area contributed by atoms with Gasteiger partial charge in [-0.2, -0.15) is 0 Å². The van der Waals surface area contributed by atoms with Gasteiger partial charge in [-0.25, -0.2) is 0 Å². The molecule has 3 rings (SSSR count). The number of pyridine rings is 1. The molecule has 1 unspecified atom stereocenters. The number of nitrogens with zero attached hydrogens (tertiary/aromatic N) is 3. The van der Waals surface area contributed by atoms with Crippen molar-refractivity contribution in [1.29, 1.82) is 0 Å². The van der Waals surface area contributed by atoms with Gasteiger partial charge in [-0.05, 0) is 37.6 Å². The lowest BCUT2D eigenvalue weighted by Crippen LogP contribution is -2.49. The van der Waals surface area contributed by atoms with E-state index < -0.39 is 0 Å². The minimum atomic E-state index is -0.344. The molecule has 7 nitrogen and oxygen atoms in total. The Labute approximate surface area is 171 Å². The third-order valence-corrected chi connectivity index (χ3v) is 5.73. The molecule has 0 saturated carbocycles. The van der Waals surface area contributed by atoms with Gasteiger partial charge in [-0.3, -0.25) is 14.6 Å². The van der Waals surface area contributed by atoms with Crippen LogP contribution in [0.25, 0.3) is 0 Å². The van der Waals surface area contributed by atoms with Gasteiger partial charge in [0.05, 0.1) is 25.3 Å². The van der Waals surface area contributed by atoms with E-state index in [1.165, 1.54) is 0 Å². The van der Waals surface area contributed by atoms with E-state index in [9.17, 15) is 15.0 Å². The lowest BCUT2D eigenvalue weighted by Gasteiger charge is -2.39. The highest BCUT2D eigenvalue weighted by Crippen LogP contribution is 2.34. The number of aromatic nitrogens is 1. The third kappa shape index (κ3) is 4.47. The standard InChI is InChI=1S/C22H31N3O4/c1-4-25-16(2)15-19(27)20(22(25)28)21(17-5-7-18(29-3)8-6-17)24-11-9-23(10-12-24)13-14-26/h5-8,15,21,26-27H,4,9-14H2,1-3H3. The predicted octanol–water partition coefficient (Wildman–Crippen LogP) is 1.59. The van der Waals surface area contributed by atoms with Crippen LogP contribution in [0.2, 0.25) is 0 Å². The summed E-state index contributed by atoms with van der Waals surface area (Å²) in [6, 6.07) is 9.01. The van der Waals surface area contributed by atoms with Crippen molar-refractivity contribution in [3.8, 4) is 11.5 Å². The van der Waals surface area contributed by atoms with Crippen LogP contribution in [-0.4, -0.2) is 71.0 Å². The highest BCUT2D eigenvalue weighted by Gasteiger charge is 2.31. The van der Waals surface area contributed by atoms with Gasteiger partial charge in [-0.15, -0.1) is 0 Å². The molecule has 0 radical (unpaired) electrons. The fourth-order valence-electron chi connectivity index (χ4n) is 4.15. The molecule has 7 heteroatoms. The van der Waals surface area contributed by atoms with Crippen LogP contribution in [0.1, 0.15) is 29.8 Å². The Morgan fingerprint density at radius 2 is 1.79 bits per heavy atom. The number of aryl methyl sites for hydroxylation is 1. The summed E-state index contributed by atoms with van der Waals surface area (Å²) in [7, 11) is 1.62. The third-order valence-electron chi connectivity index (χ3n) is 5.73. The summed E-state index contributed by atoms with van der Waals surface area (Å²) in [5, 5.41) is 20.0. The summed E-state index contributed by atoms with van der Waals surface area (Å²) in [6.07, 6.45) is 0. The molecular weight excluding hydrogens is 370 g/mol. The summed E-state index contributed by atoms with van der Waals surface area (Å²) < 4.78 is 6.98. The zero-order chi connectivity index (χ0) is 21.0. The Balaban J connectivity index is 2.06. The maximum absolute atomic E-state index is 13.3. The van der Waals surface area contributed by atoms with Crippen LogP contribution in [-0.2, 0) is 6.54 Å². The van der Waals surface area contributed by atoms with Gasteiger partial charge in [0, 0.05) is 45.0 Å². The molecule has 0 bridgehead atoms. The van der Waals surface area contributed by atoms with Gasteiger partial charge in [0.25, 0.3) is 5.56 Å². The number of rotatable bonds is 7. The Kier molecular flexibility index (Phi) is 6.95. The van der Waals surface area contributed by atoms with Crippen LogP contribution in [0.5, 0.6) is 11.5 Å². The van der Waals surface area contributed by atoms with Crippen molar-refractivity contribution in [3.63, 3.8) is 0 Å². The lowest BCUT2D eigenvalue weighted by molar-refractivity contribution is 0.0932. The van der Waals surface area contributed by atoms with E-state index in [1.54, 1.807) is 17.7 Å². The van der Waals surface area contributed by atoms with Crippen molar-refractivity contribution >= 4 is 0 Å². The molecular formula is C22H31N3O4. The largest absolute Gasteiger partial charge is 0.507 e.